The number of nitrogens with one attached hydrogen (secondary N) is 1. The lowest BCUT2D eigenvalue weighted by molar-refractivity contribution is -0.116. The molecule has 1 N–H and O–H groups in total. The first kappa shape index (κ1) is 22.1. The molecule has 0 fully saturated rings. The number of carbonyl (C=O) groups is 2. The number of aryl methyl sites for hydroxylation is 1. The molecule has 4 rings (SSSR count). The Morgan fingerprint density at radius 1 is 0.939 bits per heavy atom. The van der Waals surface area contributed by atoms with Gasteiger partial charge in [-0.25, -0.2) is 0 Å². The third-order valence-corrected chi connectivity index (χ3v) is 5.58. The van der Waals surface area contributed by atoms with Crippen molar-refractivity contribution >= 4 is 28.3 Å². The number of carbonyl (C=O) groups excluding carboxylic acids is 2. The molecule has 4 aromatic rings. The number of benzene rings is 3. The number of hydrogen-bond donors (Lipinski definition) is 1. The van der Waals surface area contributed by atoms with Crippen molar-refractivity contribution in [3.05, 3.63) is 95.4 Å². The van der Waals surface area contributed by atoms with E-state index in [9.17, 15) is 9.59 Å². The van der Waals surface area contributed by atoms with Crippen molar-refractivity contribution < 1.29 is 18.7 Å². The number of rotatable bonds is 7. The number of furan rings is 1. The Hall–Kier alpha value is -4.06. The van der Waals surface area contributed by atoms with Gasteiger partial charge in [0, 0.05) is 12.7 Å². The molecule has 0 spiro atoms. The van der Waals surface area contributed by atoms with Crippen molar-refractivity contribution in [3.8, 4) is 5.75 Å². The van der Waals surface area contributed by atoms with Crippen molar-refractivity contribution in [2.75, 3.05) is 18.9 Å². The first-order valence-corrected chi connectivity index (χ1v) is 10.7. The van der Waals surface area contributed by atoms with E-state index >= 15 is 0 Å². The van der Waals surface area contributed by atoms with Gasteiger partial charge in [0.25, 0.3) is 5.91 Å². The van der Waals surface area contributed by atoms with Crippen molar-refractivity contribution in [1.82, 2.24) is 4.90 Å². The summed E-state index contributed by atoms with van der Waals surface area (Å²) in [5.41, 5.74) is 2.83. The molecule has 0 saturated heterocycles. The fraction of sp³-hybridized carbons (Fsp3) is 0.185. The Balaban J connectivity index is 1.33. The zero-order valence-electron chi connectivity index (χ0n) is 18.9. The van der Waals surface area contributed by atoms with E-state index in [1.54, 1.807) is 19.2 Å². The standard InChI is InChI=1S/C27H26N2O4/c1-18-7-6-10-24(19(18)2)28-26(30)16-29(3)27(31)25-14-13-23(33-25)17-32-22-12-11-20-8-4-5-9-21(20)15-22/h4-15H,16-17H2,1-3H3,(H,28,30). The Kier molecular flexibility index (Phi) is 6.45. The van der Waals surface area contributed by atoms with E-state index in [1.165, 1.54) is 4.90 Å². The van der Waals surface area contributed by atoms with Crippen LogP contribution in [0.15, 0.2) is 77.2 Å². The molecule has 1 aromatic heterocycles. The monoisotopic (exact) mass is 442 g/mol. The van der Waals surface area contributed by atoms with Gasteiger partial charge < -0.3 is 19.4 Å². The Bertz CT molecular complexity index is 1310. The van der Waals surface area contributed by atoms with Crippen molar-refractivity contribution in [2.24, 2.45) is 0 Å². The SMILES string of the molecule is Cc1cccc(NC(=O)CN(C)C(=O)c2ccc(COc3ccc4ccccc4c3)o2)c1C. The smallest absolute Gasteiger partial charge is 0.289 e. The van der Waals surface area contributed by atoms with Crippen molar-refractivity contribution in [3.63, 3.8) is 0 Å². The number of anilines is 1. The minimum absolute atomic E-state index is 0.0875. The average Bonchev–Trinajstić information content (AvgIpc) is 3.29. The van der Waals surface area contributed by atoms with Crippen LogP contribution in [0, 0.1) is 13.8 Å². The second-order valence-corrected chi connectivity index (χ2v) is 8.02. The molecule has 168 valence electrons. The van der Waals surface area contributed by atoms with Gasteiger partial charge in [0.15, 0.2) is 5.76 Å². The third kappa shape index (κ3) is 5.23. The summed E-state index contributed by atoms with van der Waals surface area (Å²) in [5.74, 6) is 0.765. The second kappa shape index (κ2) is 9.61. The van der Waals surface area contributed by atoms with Gasteiger partial charge >= 0.3 is 0 Å². The largest absolute Gasteiger partial charge is 0.486 e. The second-order valence-electron chi connectivity index (χ2n) is 8.02. The molecule has 1 heterocycles. The van der Waals surface area contributed by atoms with Gasteiger partial charge in [-0.3, -0.25) is 9.59 Å². The molecule has 6 nitrogen and oxygen atoms in total. The highest BCUT2D eigenvalue weighted by atomic mass is 16.5. The summed E-state index contributed by atoms with van der Waals surface area (Å²) in [6, 6.07) is 22.9. The first-order chi connectivity index (χ1) is 15.9. The van der Waals surface area contributed by atoms with Crippen LogP contribution < -0.4 is 10.1 Å². The summed E-state index contributed by atoms with van der Waals surface area (Å²) in [6.45, 7) is 4.04. The Morgan fingerprint density at radius 2 is 1.73 bits per heavy atom. The quantitative estimate of drug-likeness (QED) is 0.419. The molecule has 3 aromatic carbocycles. The Morgan fingerprint density at radius 3 is 2.55 bits per heavy atom. The number of hydrogen-bond acceptors (Lipinski definition) is 4. The van der Waals surface area contributed by atoms with Gasteiger partial charge in [0.05, 0.1) is 6.54 Å². The summed E-state index contributed by atoms with van der Waals surface area (Å²) < 4.78 is 11.5. The molecule has 0 saturated carbocycles. The first-order valence-electron chi connectivity index (χ1n) is 10.7. The van der Waals surface area contributed by atoms with Gasteiger partial charge in [-0.15, -0.1) is 0 Å². The van der Waals surface area contributed by atoms with E-state index < -0.39 is 0 Å². The Labute approximate surface area is 192 Å². The molecule has 0 radical (unpaired) electrons. The van der Waals surface area contributed by atoms with Crippen LogP contribution in [0.5, 0.6) is 5.75 Å². The normalized spacial score (nSPS) is 10.8. The minimum atomic E-state index is -0.372. The number of nitrogens with zero attached hydrogens (tertiary/aromatic N) is 1. The molecule has 0 atom stereocenters. The summed E-state index contributed by atoms with van der Waals surface area (Å²) in [5, 5.41) is 5.09. The minimum Gasteiger partial charge on any atom is -0.486 e. The van der Waals surface area contributed by atoms with Crippen LogP contribution in [0.2, 0.25) is 0 Å². The molecule has 0 aliphatic rings. The molecule has 6 heteroatoms. The van der Waals surface area contributed by atoms with E-state index in [-0.39, 0.29) is 30.7 Å². The lowest BCUT2D eigenvalue weighted by Gasteiger charge is -2.16. The highest BCUT2D eigenvalue weighted by Gasteiger charge is 2.19. The molecular formula is C27H26N2O4. The summed E-state index contributed by atoms with van der Waals surface area (Å²) in [6.07, 6.45) is 0. The summed E-state index contributed by atoms with van der Waals surface area (Å²) in [4.78, 5) is 26.4. The fourth-order valence-electron chi connectivity index (χ4n) is 3.53. The van der Waals surface area contributed by atoms with Crippen LogP contribution >= 0.6 is 0 Å². The van der Waals surface area contributed by atoms with E-state index in [1.807, 2.05) is 74.5 Å². The topological polar surface area (TPSA) is 71.8 Å². The van der Waals surface area contributed by atoms with E-state index in [2.05, 4.69) is 5.32 Å². The average molecular weight is 443 g/mol. The molecule has 0 bridgehead atoms. The lowest BCUT2D eigenvalue weighted by Crippen LogP contribution is -2.34. The van der Waals surface area contributed by atoms with E-state index in [0.29, 0.717) is 5.76 Å². The van der Waals surface area contributed by atoms with Crippen LogP contribution in [0.25, 0.3) is 10.8 Å². The maximum absolute atomic E-state index is 12.7. The van der Waals surface area contributed by atoms with Gasteiger partial charge in [-0.05, 0) is 66.1 Å². The third-order valence-electron chi connectivity index (χ3n) is 5.58. The van der Waals surface area contributed by atoms with Crippen LogP contribution in [0.3, 0.4) is 0 Å². The molecule has 0 unspecified atom stereocenters. The number of ether oxygens (including phenoxy) is 1. The predicted octanol–water partition coefficient (Wildman–Crippen LogP) is 5.34. The van der Waals surface area contributed by atoms with Crippen molar-refractivity contribution in [2.45, 2.75) is 20.5 Å². The van der Waals surface area contributed by atoms with Crippen LogP contribution in [-0.2, 0) is 11.4 Å². The highest BCUT2D eigenvalue weighted by molar-refractivity contribution is 5.98. The molecule has 2 amide bonds. The zero-order valence-corrected chi connectivity index (χ0v) is 18.9. The molecular weight excluding hydrogens is 416 g/mol. The molecule has 0 aliphatic heterocycles. The predicted molar refractivity (Wildman–Crippen MR) is 128 cm³/mol. The fourth-order valence-corrected chi connectivity index (χ4v) is 3.53. The number of amides is 2. The lowest BCUT2D eigenvalue weighted by atomic mass is 10.1. The van der Waals surface area contributed by atoms with Crippen LogP contribution in [0.1, 0.15) is 27.4 Å². The number of likely N-dealkylation sites (N-methyl/N-ethyl adjacent to an activating group) is 1. The van der Waals surface area contributed by atoms with Crippen LogP contribution in [0.4, 0.5) is 5.69 Å². The summed E-state index contributed by atoms with van der Waals surface area (Å²) in [7, 11) is 1.57. The number of fused-ring (bicyclic) bond motifs is 1. The van der Waals surface area contributed by atoms with Gasteiger partial charge in [-0.1, -0.05) is 42.5 Å². The molecule has 0 aliphatic carbocycles. The maximum atomic E-state index is 12.7. The van der Waals surface area contributed by atoms with Crippen LogP contribution in [-0.4, -0.2) is 30.3 Å². The van der Waals surface area contributed by atoms with Gasteiger partial charge in [0.1, 0.15) is 18.1 Å². The van der Waals surface area contributed by atoms with Crippen molar-refractivity contribution in [1.29, 1.82) is 0 Å². The zero-order chi connectivity index (χ0) is 23.4. The van der Waals surface area contributed by atoms with Gasteiger partial charge in [-0.2, -0.15) is 0 Å². The maximum Gasteiger partial charge on any atom is 0.289 e. The van der Waals surface area contributed by atoms with E-state index in [4.69, 9.17) is 9.15 Å². The van der Waals surface area contributed by atoms with Gasteiger partial charge in [0.2, 0.25) is 5.91 Å². The van der Waals surface area contributed by atoms with E-state index in [0.717, 1.165) is 33.3 Å². The highest BCUT2D eigenvalue weighted by Crippen LogP contribution is 2.22. The molecule has 33 heavy (non-hydrogen) atoms. The summed E-state index contributed by atoms with van der Waals surface area (Å²) >= 11 is 0.